The molecule has 1 aromatic heterocycles. The molecule has 0 fully saturated rings. The van der Waals surface area contributed by atoms with Crippen molar-refractivity contribution >= 4 is 11.6 Å². The summed E-state index contributed by atoms with van der Waals surface area (Å²) in [5.41, 5.74) is 2.15. The first-order chi connectivity index (χ1) is 9.94. The highest BCUT2D eigenvalue weighted by atomic mass is 19.3. The van der Waals surface area contributed by atoms with E-state index in [2.05, 4.69) is 15.2 Å². The first kappa shape index (κ1) is 15.0. The summed E-state index contributed by atoms with van der Waals surface area (Å²) in [7, 11) is 0. The normalized spacial score (nSPS) is 10.7. The van der Waals surface area contributed by atoms with Gasteiger partial charge in [0.25, 0.3) is 0 Å². The lowest BCUT2D eigenvalue weighted by Crippen LogP contribution is -2.19. The molecule has 1 aromatic carbocycles. The molecule has 0 radical (unpaired) electrons. The lowest BCUT2D eigenvalue weighted by molar-refractivity contribution is -0.116. The maximum Gasteiger partial charge on any atom is 0.387 e. The summed E-state index contributed by atoms with van der Waals surface area (Å²) in [6.07, 6.45) is 3.42. The number of ether oxygens (including phenoxy) is 1. The van der Waals surface area contributed by atoms with Crippen LogP contribution in [0.1, 0.15) is 11.1 Å². The van der Waals surface area contributed by atoms with Crippen LogP contribution in [0.25, 0.3) is 0 Å². The standard InChI is InChI=1S/C14H15F2N3O2/c1-9-6-17-19(7-9)8-13(20)18-12-4-3-11(5-10(12)2)21-14(15)16/h3-7,14H,8H2,1-2H3,(H,18,20). The fourth-order valence-corrected chi connectivity index (χ4v) is 1.84. The number of aromatic nitrogens is 2. The Kier molecular flexibility index (Phi) is 4.52. The van der Waals surface area contributed by atoms with Crippen LogP contribution >= 0.6 is 0 Å². The van der Waals surface area contributed by atoms with Gasteiger partial charge in [-0.25, -0.2) is 0 Å². The number of aryl methyl sites for hydroxylation is 2. The second-order valence-corrected chi connectivity index (χ2v) is 4.62. The summed E-state index contributed by atoms with van der Waals surface area (Å²) < 4.78 is 30.0. The van der Waals surface area contributed by atoms with E-state index in [-0.39, 0.29) is 18.2 Å². The van der Waals surface area contributed by atoms with Crippen LogP contribution in [0, 0.1) is 13.8 Å². The first-order valence-corrected chi connectivity index (χ1v) is 6.28. The van der Waals surface area contributed by atoms with E-state index in [1.54, 1.807) is 19.3 Å². The van der Waals surface area contributed by atoms with Gasteiger partial charge in [0.05, 0.1) is 6.20 Å². The first-order valence-electron chi connectivity index (χ1n) is 6.28. The summed E-state index contributed by atoms with van der Waals surface area (Å²) in [5, 5.41) is 6.72. The Bertz CT molecular complexity index is 641. The molecular formula is C14H15F2N3O2. The number of alkyl halides is 2. The zero-order valence-electron chi connectivity index (χ0n) is 11.6. The van der Waals surface area contributed by atoms with Gasteiger partial charge < -0.3 is 10.1 Å². The van der Waals surface area contributed by atoms with Crippen molar-refractivity contribution in [1.29, 1.82) is 0 Å². The maximum atomic E-state index is 12.1. The van der Waals surface area contributed by atoms with Gasteiger partial charge >= 0.3 is 6.61 Å². The minimum atomic E-state index is -2.87. The zero-order chi connectivity index (χ0) is 15.4. The largest absolute Gasteiger partial charge is 0.435 e. The fraction of sp³-hybridized carbons (Fsp3) is 0.286. The number of nitrogens with one attached hydrogen (secondary N) is 1. The average Bonchev–Trinajstić information content (AvgIpc) is 2.77. The van der Waals surface area contributed by atoms with Crippen molar-refractivity contribution in [3.63, 3.8) is 0 Å². The van der Waals surface area contributed by atoms with Gasteiger partial charge in [0, 0.05) is 11.9 Å². The van der Waals surface area contributed by atoms with Crippen LogP contribution in [0.4, 0.5) is 14.5 Å². The molecule has 112 valence electrons. The maximum absolute atomic E-state index is 12.1. The Morgan fingerprint density at radius 1 is 1.43 bits per heavy atom. The van der Waals surface area contributed by atoms with Crippen LogP contribution in [-0.4, -0.2) is 22.3 Å². The van der Waals surface area contributed by atoms with E-state index in [9.17, 15) is 13.6 Å². The summed E-state index contributed by atoms with van der Waals surface area (Å²) in [4.78, 5) is 11.9. The van der Waals surface area contributed by atoms with E-state index < -0.39 is 6.61 Å². The third-order valence-corrected chi connectivity index (χ3v) is 2.77. The van der Waals surface area contributed by atoms with Crippen LogP contribution in [-0.2, 0) is 11.3 Å². The van der Waals surface area contributed by atoms with Crippen LogP contribution in [0.15, 0.2) is 30.6 Å². The molecule has 0 unspecified atom stereocenters. The van der Waals surface area contributed by atoms with Gasteiger partial charge in [0.2, 0.25) is 5.91 Å². The smallest absolute Gasteiger partial charge is 0.387 e. The molecule has 0 saturated heterocycles. The van der Waals surface area contributed by atoms with E-state index in [0.717, 1.165) is 5.56 Å². The second kappa shape index (κ2) is 6.34. The minimum Gasteiger partial charge on any atom is -0.435 e. The molecule has 2 rings (SSSR count). The Balaban J connectivity index is 2.00. The number of amides is 1. The van der Waals surface area contributed by atoms with E-state index in [1.807, 2.05) is 6.92 Å². The van der Waals surface area contributed by atoms with E-state index in [4.69, 9.17) is 0 Å². The minimum absolute atomic E-state index is 0.0585. The lowest BCUT2D eigenvalue weighted by Gasteiger charge is -2.11. The van der Waals surface area contributed by atoms with E-state index in [0.29, 0.717) is 11.3 Å². The number of rotatable bonds is 5. The van der Waals surface area contributed by atoms with Crippen molar-refractivity contribution in [2.24, 2.45) is 0 Å². The molecule has 0 atom stereocenters. The van der Waals surface area contributed by atoms with Gasteiger partial charge in [0.1, 0.15) is 12.3 Å². The highest BCUT2D eigenvalue weighted by molar-refractivity contribution is 5.91. The van der Waals surface area contributed by atoms with Gasteiger partial charge in [-0.1, -0.05) is 0 Å². The summed E-state index contributed by atoms with van der Waals surface area (Å²) >= 11 is 0. The predicted molar refractivity (Wildman–Crippen MR) is 73.4 cm³/mol. The third-order valence-electron chi connectivity index (χ3n) is 2.77. The molecule has 0 aliphatic rings. The second-order valence-electron chi connectivity index (χ2n) is 4.62. The van der Waals surface area contributed by atoms with E-state index in [1.165, 1.54) is 22.9 Å². The Morgan fingerprint density at radius 3 is 2.76 bits per heavy atom. The number of anilines is 1. The molecule has 1 N–H and O–H groups in total. The highest BCUT2D eigenvalue weighted by Gasteiger charge is 2.09. The number of hydrogen-bond donors (Lipinski definition) is 1. The quantitative estimate of drug-likeness (QED) is 0.922. The molecule has 1 heterocycles. The van der Waals surface area contributed by atoms with Gasteiger partial charge in [-0.05, 0) is 43.2 Å². The monoisotopic (exact) mass is 295 g/mol. The van der Waals surface area contributed by atoms with Crippen LogP contribution in [0.2, 0.25) is 0 Å². The number of halogens is 2. The predicted octanol–water partition coefficient (Wildman–Crippen LogP) is 2.74. The molecule has 0 saturated carbocycles. The molecule has 0 spiro atoms. The Hall–Kier alpha value is -2.44. The van der Waals surface area contributed by atoms with Crippen LogP contribution < -0.4 is 10.1 Å². The molecule has 2 aromatic rings. The molecule has 0 aliphatic heterocycles. The topological polar surface area (TPSA) is 56.2 Å². The molecule has 0 aliphatic carbocycles. The van der Waals surface area contributed by atoms with Crippen LogP contribution in [0.5, 0.6) is 5.75 Å². The molecule has 1 amide bonds. The molecule has 0 bridgehead atoms. The Morgan fingerprint density at radius 2 is 2.19 bits per heavy atom. The van der Waals surface area contributed by atoms with Gasteiger partial charge in [-0.2, -0.15) is 13.9 Å². The number of carbonyl (C=O) groups excluding carboxylic acids is 1. The van der Waals surface area contributed by atoms with Crippen molar-refractivity contribution in [3.05, 3.63) is 41.7 Å². The molecule has 21 heavy (non-hydrogen) atoms. The number of benzene rings is 1. The van der Waals surface area contributed by atoms with Crippen molar-refractivity contribution < 1.29 is 18.3 Å². The zero-order valence-corrected chi connectivity index (χ0v) is 11.6. The summed E-state index contributed by atoms with van der Waals surface area (Å²) in [5.74, 6) is -0.188. The summed E-state index contributed by atoms with van der Waals surface area (Å²) in [6, 6.07) is 4.35. The number of nitrogens with zero attached hydrogens (tertiary/aromatic N) is 2. The van der Waals surface area contributed by atoms with E-state index >= 15 is 0 Å². The van der Waals surface area contributed by atoms with Gasteiger partial charge in [0.15, 0.2) is 0 Å². The Labute approximate surface area is 120 Å². The average molecular weight is 295 g/mol. The molecule has 5 nitrogen and oxygen atoms in total. The van der Waals surface area contributed by atoms with Crippen LogP contribution in [0.3, 0.4) is 0 Å². The lowest BCUT2D eigenvalue weighted by atomic mass is 10.2. The summed E-state index contributed by atoms with van der Waals surface area (Å²) in [6.45, 7) is 0.801. The van der Waals surface area contributed by atoms with Gasteiger partial charge in [-0.3, -0.25) is 9.48 Å². The van der Waals surface area contributed by atoms with Crippen molar-refractivity contribution in [3.8, 4) is 5.75 Å². The van der Waals surface area contributed by atoms with Crippen molar-refractivity contribution in [2.45, 2.75) is 27.0 Å². The SMILES string of the molecule is Cc1cnn(CC(=O)Nc2ccc(OC(F)F)cc2C)c1. The molecular weight excluding hydrogens is 280 g/mol. The molecule has 7 heteroatoms. The van der Waals surface area contributed by atoms with Crippen molar-refractivity contribution in [1.82, 2.24) is 9.78 Å². The van der Waals surface area contributed by atoms with Gasteiger partial charge in [-0.15, -0.1) is 0 Å². The third kappa shape index (κ3) is 4.27. The number of hydrogen-bond acceptors (Lipinski definition) is 3. The fourth-order valence-electron chi connectivity index (χ4n) is 1.84. The number of carbonyl (C=O) groups is 1. The van der Waals surface area contributed by atoms with Crippen molar-refractivity contribution in [2.75, 3.05) is 5.32 Å². The highest BCUT2D eigenvalue weighted by Crippen LogP contribution is 2.22.